The predicted octanol–water partition coefficient (Wildman–Crippen LogP) is 3.37. The van der Waals surface area contributed by atoms with Crippen LogP contribution in [0.2, 0.25) is 10.0 Å². The third-order valence-corrected chi connectivity index (χ3v) is 4.11. The van der Waals surface area contributed by atoms with Crippen molar-refractivity contribution < 1.29 is 14.9 Å². The molecule has 3 rings (SSSR count). The number of benzene rings is 2. The highest BCUT2D eigenvalue weighted by Crippen LogP contribution is 2.26. The van der Waals surface area contributed by atoms with Crippen molar-refractivity contribution in [1.29, 1.82) is 0 Å². The van der Waals surface area contributed by atoms with Crippen molar-refractivity contribution >= 4 is 34.7 Å². The number of aromatic nitrogens is 3. The number of hydrogen-bond donors (Lipinski definition) is 1. The van der Waals surface area contributed by atoms with Gasteiger partial charge in [0.05, 0.1) is 27.9 Å². The zero-order chi connectivity index (χ0) is 18.8. The molecule has 134 valence electrons. The molecule has 0 aliphatic carbocycles. The highest BCUT2D eigenvalue weighted by Gasteiger charge is 2.24. The van der Waals surface area contributed by atoms with Crippen LogP contribution in [0, 0.1) is 10.1 Å². The van der Waals surface area contributed by atoms with E-state index in [1.165, 1.54) is 25.3 Å². The molecule has 1 aromatic heterocycles. The van der Waals surface area contributed by atoms with Crippen LogP contribution >= 0.6 is 23.2 Å². The molecule has 0 atom stereocenters. The molecule has 0 aliphatic rings. The van der Waals surface area contributed by atoms with E-state index < -0.39 is 10.7 Å². The second kappa shape index (κ2) is 7.06. The molecule has 0 unspecified atom stereocenters. The van der Waals surface area contributed by atoms with Crippen molar-refractivity contribution in [1.82, 2.24) is 14.7 Å². The van der Waals surface area contributed by atoms with Crippen molar-refractivity contribution in [3.63, 3.8) is 0 Å². The van der Waals surface area contributed by atoms with E-state index in [2.05, 4.69) is 10.1 Å². The SMILES string of the molecule is COc1ccc(-n2nc([N+](=O)[O-])c(=Nc3ccc(Cl)c(Cl)c3)n2O)cc1. The van der Waals surface area contributed by atoms with Crippen LogP contribution in [0.1, 0.15) is 0 Å². The molecule has 1 N–H and O–H groups in total. The summed E-state index contributed by atoms with van der Waals surface area (Å²) in [5.41, 5.74) is 0.260. The molecule has 0 fully saturated rings. The van der Waals surface area contributed by atoms with Gasteiger partial charge < -0.3 is 20.1 Å². The van der Waals surface area contributed by atoms with Gasteiger partial charge in [0, 0.05) is 0 Å². The first kappa shape index (κ1) is 17.8. The van der Waals surface area contributed by atoms with Gasteiger partial charge in [0.2, 0.25) is 0 Å². The molecule has 2 aromatic carbocycles. The fourth-order valence-electron chi connectivity index (χ4n) is 2.13. The normalized spacial score (nSPS) is 11.6. The summed E-state index contributed by atoms with van der Waals surface area (Å²) < 4.78 is 5.05. The Labute approximate surface area is 156 Å². The quantitative estimate of drug-likeness (QED) is 0.413. The number of halogens is 2. The van der Waals surface area contributed by atoms with Gasteiger partial charge in [-0.3, -0.25) is 0 Å². The summed E-state index contributed by atoms with van der Waals surface area (Å²) in [5.74, 6) is -0.0463. The Morgan fingerprint density at radius 3 is 2.46 bits per heavy atom. The highest BCUT2D eigenvalue weighted by atomic mass is 35.5. The van der Waals surface area contributed by atoms with E-state index in [1.807, 2.05) is 0 Å². The van der Waals surface area contributed by atoms with Gasteiger partial charge in [0.15, 0.2) is 0 Å². The van der Waals surface area contributed by atoms with E-state index in [9.17, 15) is 15.3 Å². The summed E-state index contributed by atoms with van der Waals surface area (Å²) in [5, 5.41) is 26.0. The van der Waals surface area contributed by atoms with Crippen LogP contribution in [0.25, 0.3) is 5.69 Å². The van der Waals surface area contributed by atoms with Crippen LogP contribution < -0.4 is 10.2 Å². The maximum atomic E-state index is 11.3. The van der Waals surface area contributed by atoms with E-state index in [4.69, 9.17) is 27.9 Å². The first-order valence-corrected chi connectivity index (χ1v) is 7.86. The maximum Gasteiger partial charge on any atom is 0.438 e. The number of rotatable bonds is 4. The topological polar surface area (TPSA) is 108 Å². The molecule has 0 aliphatic heterocycles. The van der Waals surface area contributed by atoms with E-state index in [-0.39, 0.29) is 16.2 Å². The van der Waals surface area contributed by atoms with E-state index in [0.717, 1.165) is 4.80 Å². The fraction of sp³-hybridized carbons (Fsp3) is 0.0667. The third-order valence-electron chi connectivity index (χ3n) is 3.37. The van der Waals surface area contributed by atoms with Crippen molar-refractivity contribution in [2.45, 2.75) is 0 Å². The number of hydrogen-bond acceptors (Lipinski definition) is 6. The van der Waals surface area contributed by atoms with Crippen LogP contribution in [-0.4, -0.2) is 32.0 Å². The Balaban J connectivity index is 2.18. The second-order valence-corrected chi connectivity index (χ2v) is 5.81. The average molecular weight is 396 g/mol. The molecule has 0 radical (unpaired) electrons. The summed E-state index contributed by atoms with van der Waals surface area (Å²) in [6.07, 6.45) is 0. The van der Waals surface area contributed by atoms with Gasteiger partial charge in [0.1, 0.15) is 11.4 Å². The molecule has 3 aromatic rings. The van der Waals surface area contributed by atoms with Gasteiger partial charge in [0.25, 0.3) is 5.49 Å². The molecule has 26 heavy (non-hydrogen) atoms. The van der Waals surface area contributed by atoms with Gasteiger partial charge in [-0.05, 0) is 52.2 Å². The van der Waals surface area contributed by atoms with Crippen molar-refractivity contribution in [3.05, 3.63) is 68.1 Å². The Morgan fingerprint density at radius 2 is 1.88 bits per heavy atom. The molecule has 0 spiro atoms. The molecule has 9 nitrogen and oxygen atoms in total. The minimum atomic E-state index is -0.747. The van der Waals surface area contributed by atoms with E-state index >= 15 is 0 Å². The second-order valence-electron chi connectivity index (χ2n) is 4.99. The first-order valence-electron chi connectivity index (χ1n) is 7.11. The van der Waals surface area contributed by atoms with Gasteiger partial charge in [-0.2, -0.15) is 0 Å². The lowest BCUT2D eigenvalue weighted by Gasteiger charge is -2.02. The Morgan fingerprint density at radius 1 is 1.19 bits per heavy atom. The van der Waals surface area contributed by atoms with E-state index in [0.29, 0.717) is 21.3 Å². The molecule has 0 amide bonds. The molecule has 11 heteroatoms. The lowest BCUT2D eigenvalue weighted by Crippen LogP contribution is -2.22. The van der Waals surface area contributed by atoms with Crippen LogP contribution in [0.4, 0.5) is 11.5 Å². The van der Waals surface area contributed by atoms with Gasteiger partial charge in [-0.25, -0.2) is 4.99 Å². The predicted molar refractivity (Wildman–Crippen MR) is 93.6 cm³/mol. The number of ether oxygens (including phenoxy) is 1. The minimum Gasteiger partial charge on any atom is -0.497 e. The third kappa shape index (κ3) is 3.35. The van der Waals surface area contributed by atoms with Crippen molar-refractivity contribution in [3.8, 4) is 11.4 Å². The maximum absolute atomic E-state index is 11.3. The monoisotopic (exact) mass is 395 g/mol. The Hall–Kier alpha value is -3.04. The van der Waals surface area contributed by atoms with Crippen LogP contribution in [-0.2, 0) is 0 Å². The summed E-state index contributed by atoms with van der Waals surface area (Å²) in [7, 11) is 1.51. The van der Waals surface area contributed by atoms with Gasteiger partial charge in [-0.15, -0.1) is 0 Å². The zero-order valence-corrected chi connectivity index (χ0v) is 14.7. The van der Waals surface area contributed by atoms with Gasteiger partial charge in [-0.1, -0.05) is 28.0 Å². The molecule has 0 bridgehead atoms. The number of nitro groups is 1. The number of nitrogens with zero attached hydrogens (tertiary/aromatic N) is 5. The van der Waals surface area contributed by atoms with Crippen molar-refractivity contribution in [2.75, 3.05) is 7.11 Å². The number of methoxy groups -OCH3 is 1. The zero-order valence-electron chi connectivity index (χ0n) is 13.2. The highest BCUT2D eigenvalue weighted by molar-refractivity contribution is 6.42. The van der Waals surface area contributed by atoms with Crippen molar-refractivity contribution in [2.24, 2.45) is 4.99 Å². The minimum absolute atomic E-state index is 0.225. The first-order chi connectivity index (χ1) is 12.4. The molecule has 0 saturated carbocycles. The standard InChI is InChI=1S/C15H11Cl2N5O4/c1-26-11-5-3-10(4-6-11)20-19-15(22(24)25)14(21(20)23)18-9-2-7-12(16)13(17)8-9/h2-8,23H,1H3. The summed E-state index contributed by atoms with van der Waals surface area (Å²) >= 11 is 11.8. The van der Waals surface area contributed by atoms with Crippen LogP contribution in [0.15, 0.2) is 47.5 Å². The Bertz CT molecular complexity index is 1040. The molecular weight excluding hydrogens is 385 g/mol. The lowest BCUT2D eigenvalue weighted by molar-refractivity contribution is -0.391. The largest absolute Gasteiger partial charge is 0.497 e. The lowest BCUT2D eigenvalue weighted by atomic mass is 10.3. The van der Waals surface area contributed by atoms with Crippen LogP contribution in [0.5, 0.6) is 5.75 Å². The summed E-state index contributed by atoms with van der Waals surface area (Å²) in [6.45, 7) is 0. The fourth-order valence-corrected chi connectivity index (χ4v) is 2.42. The van der Waals surface area contributed by atoms with E-state index in [1.54, 1.807) is 24.3 Å². The summed E-state index contributed by atoms with van der Waals surface area (Å²) in [6, 6.07) is 10.8. The summed E-state index contributed by atoms with van der Waals surface area (Å²) in [4.78, 5) is 16.0. The molecule has 0 saturated heterocycles. The molecular formula is C15H11Cl2N5O4. The van der Waals surface area contributed by atoms with Gasteiger partial charge >= 0.3 is 5.82 Å². The average Bonchev–Trinajstić information content (AvgIpc) is 2.95. The Kier molecular flexibility index (Phi) is 4.83. The van der Waals surface area contributed by atoms with Crippen LogP contribution in [0.3, 0.4) is 0 Å². The smallest absolute Gasteiger partial charge is 0.438 e. The molecule has 1 heterocycles.